The van der Waals surface area contributed by atoms with Crippen molar-refractivity contribution < 1.29 is 4.74 Å². The number of rotatable bonds is 6. The highest BCUT2D eigenvalue weighted by Crippen LogP contribution is 2.28. The number of nitrogens with one attached hydrogen (secondary N) is 2. The summed E-state index contributed by atoms with van der Waals surface area (Å²) in [6.45, 7) is 0. The van der Waals surface area contributed by atoms with Crippen LogP contribution in [0.4, 0.5) is 11.6 Å². The van der Waals surface area contributed by atoms with Gasteiger partial charge in [0.05, 0.1) is 5.39 Å². The van der Waals surface area contributed by atoms with Crippen LogP contribution in [0.3, 0.4) is 0 Å². The van der Waals surface area contributed by atoms with E-state index in [9.17, 15) is 4.79 Å². The van der Waals surface area contributed by atoms with Crippen molar-refractivity contribution in [1.82, 2.24) is 15.0 Å². The maximum Gasteiger partial charge on any atom is 0.262 e. The van der Waals surface area contributed by atoms with E-state index >= 15 is 0 Å². The molecule has 0 amide bonds. The number of anilines is 2. The van der Waals surface area contributed by atoms with Crippen LogP contribution in [0, 0.1) is 0 Å². The Kier molecular flexibility index (Phi) is 5.78. The molecule has 162 valence electrons. The Morgan fingerprint density at radius 3 is 2.33 bits per heavy atom. The molecule has 0 bridgehead atoms. The fraction of sp³-hybridized carbons (Fsp3) is 0.0385. The van der Waals surface area contributed by atoms with Gasteiger partial charge in [0, 0.05) is 16.8 Å². The van der Waals surface area contributed by atoms with Crippen LogP contribution in [0.5, 0.6) is 11.5 Å². The molecule has 6 nitrogen and oxygen atoms in total. The zero-order chi connectivity index (χ0) is 22.6. The van der Waals surface area contributed by atoms with E-state index in [1.54, 1.807) is 18.0 Å². The van der Waals surface area contributed by atoms with Crippen molar-refractivity contribution in [2.24, 2.45) is 0 Å². The summed E-state index contributed by atoms with van der Waals surface area (Å²) in [7, 11) is 0. The molecule has 2 N–H and O–H groups in total. The summed E-state index contributed by atoms with van der Waals surface area (Å²) < 4.78 is 5.82. The first-order valence-electron chi connectivity index (χ1n) is 10.3. The van der Waals surface area contributed by atoms with Crippen LogP contribution in [-0.4, -0.2) is 21.2 Å². The first kappa shape index (κ1) is 20.8. The molecule has 33 heavy (non-hydrogen) atoms. The molecule has 7 heteroatoms. The van der Waals surface area contributed by atoms with Gasteiger partial charge in [0.25, 0.3) is 5.56 Å². The number of ether oxygens (including phenoxy) is 1. The standard InChI is InChI=1S/C26H20N4O2S/c1-33-21-13-7-17(8-14-21)22-15-16-27-24-23(22)25(31)30-26(29-24)28-18-9-11-20(12-10-18)32-19-5-3-2-4-6-19/h2-16H,1H3,(H2,27,28,29,30,31). The minimum Gasteiger partial charge on any atom is -0.457 e. The number of para-hydroxylation sites is 1. The fourth-order valence-electron chi connectivity index (χ4n) is 3.50. The number of H-pyrrole nitrogens is 1. The van der Waals surface area contributed by atoms with Crippen molar-refractivity contribution in [3.8, 4) is 22.6 Å². The van der Waals surface area contributed by atoms with Gasteiger partial charge < -0.3 is 10.1 Å². The van der Waals surface area contributed by atoms with E-state index in [4.69, 9.17) is 4.74 Å². The number of nitrogens with zero attached hydrogens (tertiary/aromatic N) is 2. The molecule has 0 fully saturated rings. The number of pyridine rings is 1. The van der Waals surface area contributed by atoms with Crippen molar-refractivity contribution in [3.63, 3.8) is 0 Å². The van der Waals surface area contributed by atoms with Crippen molar-refractivity contribution >= 4 is 34.4 Å². The summed E-state index contributed by atoms with van der Waals surface area (Å²) in [5.74, 6) is 1.81. The van der Waals surface area contributed by atoms with Crippen molar-refractivity contribution in [2.45, 2.75) is 4.90 Å². The van der Waals surface area contributed by atoms with Crippen LogP contribution in [0.25, 0.3) is 22.2 Å². The molecule has 0 saturated carbocycles. The number of hydrogen-bond donors (Lipinski definition) is 2. The van der Waals surface area contributed by atoms with Gasteiger partial charge in [0.2, 0.25) is 5.95 Å². The first-order valence-corrected chi connectivity index (χ1v) is 11.6. The van der Waals surface area contributed by atoms with E-state index in [1.165, 1.54) is 0 Å². The second-order valence-corrected chi connectivity index (χ2v) is 8.14. The number of thioether (sulfide) groups is 1. The second kappa shape index (κ2) is 9.18. The molecule has 0 aliphatic heterocycles. The molecule has 5 rings (SSSR count). The minimum absolute atomic E-state index is 0.247. The fourth-order valence-corrected chi connectivity index (χ4v) is 3.91. The third kappa shape index (κ3) is 4.58. The SMILES string of the molecule is CSc1ccc(-c2ccnc3nc(Nc4ccc(Oc5ccccc5)cc4)[nH]c(=O)c23)cc1. The molecule has 0 aliphatic carbocycles. The number of aromatic amines is 1. The molecular formula is C26H20N4O2S. The van der Waals surface area contributed by atoms with Gasteiger partial charge in [-0.1, -0.05) is 30.3 Å². The Bertz CT molecular complexity index is 1450. The summed E-state index contributed by atoms with van der Waals surface area (Å²) in [6.07, 6.45) is 3.70. The van der Waals surface area contributed by atoms with E-state index in [1.807, 2.05) is 91.2 Å². The van der Waals surface area contributed by atoms with Crippen LogP contribution in [0.1, 0.15) is 0 Å². The lowest BCUT2D eigenvalue weighted by atomic mass is 10.0. The predicted octanol–water partition coefficient (Wildman–Crippen LogP) is 6.24. The van der Waals surface area contributed by atoms with Gasteiger partial charge >= 0.3 is 0 Å². The molecule has 5 aromatic rings. The molecule has 2 heterocycles. The Labute approximate surface area is 194 Å². The largest absolute Gasteiger partial charge is 0.457 e. The van der Waals surface area contributed by atoms with Crippen LogP contribution < -0.4 is 15.6 Å². The monoisotopic (exact) mass is 452 g/mol. The van der Waals surface area contributed by atoms with Crippen molar-refractivity contribution in [2.75, 3.05) is 11.6 Å². The second-order valence-electron chi connectivity index (χ2n) is 7.26. The smallest absolute Gasteiger partial charge is 0.262 e. The minimum atomic E-state index is -0.247. The first-order chi connectivity index (χ1) is 16.2. The molecular weight excluding hydrogens is 432 g/mol. The lowest BCUT2D eigenvalue weighted by Crippen LogP contribution is -2.13. The molecule has 0 unspecified atom stereocenters. The summed E-state index contributed by atoms with van der Waals surface area (Å²) in [4.78, 5) is 25.8. The van der Waals surface area contributed by atoms with Crippen molar-refractivity contribution in [1.29, 1.82) is 0 Å². The maximum absolute atomic E-state index is 13.0. The van der Waals surface area contributed by atoms with Crippen LogP contribution in [-0.2, 0) is 0 Å². The molecule has 0 atom stereocenters. The number of aromatic nitrogens is 3. The van der Waals surface area contributed by atoms with E-state index < -0.39 is 0 Å². The van der Waals surface area contributed by atoms with E-state index in [0.29, 0.717) is 22.7 Å². The third-order valence-corrected chi connectivity index (χ3v) is 5.85. The highest BCUT2D eigenvalue weighted by Gasteiger charge is 2.12. The molecule has 2 aromatic heterocycles. The highest BCUT2D eigenvalue weighted by atomic mass is 32.2. The Morgan fingerprint density at radius 1 is 0.879 bits per heavy atom. The Hall–Kier alpha value is -4.10. The number of hydrogen-bond acceptors (Lipinski definition) is 6. The number of benzene rings is 3. The molecule has 0 aliphatic rings. The normalized spacial score (nSPS) is 10.8. The topological polar surface area (TPSA) is 79.9 Å². The molecule has 0 spiro atoms. The third-order valence-electron chi connectivity index (χ3n) is 5.10. The van der Waals surface area contributed by atoms with Crippen molar-refractivity contribution in [3.05, 3.63) is 101 Å². The zero-order valence-electron chi connectivity index (χ0n) is 17.8. The maximum atomic E-state index is 13.0. The Balaban J connectivity index is 1.41. The van der Waals surface area contributed by atoms with Gasteiger partial charge in [-0.2, -0.15) is 4.98 Å². The lowest BCUT2D eigenvalue weighted by molar-refractivity contribution is 0.483. The lowest BCUT2D eigenvalue weighted by Gasteiger charge is -2.10. The summed E-state index contributed by atoms with van der Waals surface area (Å²) in [6, 6.07) is 26.9. The predicted molar refractivity (Wildman–Crippen MR) is 134 cm³/mol. The van der Waals surface area contributed by atoms with Gasteiger partial charge in [-0.15, -0.1) is 11.8 Å². The average molecular weight is 453 g/mol. The summed E-state index contributed by atoms with van der Waals surface area (Å²) in [5.41, 5.74) is 2.65. The van der Waals surface area contributed by atoms with Gasteiger partial charge in [-0.3, -0.25) is 9.78 Å². The molecule has 3 aromatic carbocycles. The Morgan fingerprint density at radius 2 is 1.61 bits per heavy atom. The average Bonchev–Trinajstić information content (AvgIpc) is 2.85. The van der Waals surface area contributed by atoms with Gasteiger partial charge in [0.15, 0.2) is 5.65 Å². The summed E-state index contributed by atoms with van der Waals surface area (Å²) >= 11 is 1.67. The van der Waals surface area contributed by atoms with Gasteiger partial charge in [0.1, 0.15) is 11.5 Å². The van der Waals surface area contributed by atoms with Crippen LogP contribution in [0.2, 0.25) is 0 Å². The molecule has 0 saturated heterocycles. The van der Waals surface area contributed by atoms with Crippen LogP contribution >= 0.6 is 11.8 Å². The summed E-state index contributed by atoms with van der Waals surface area (Å²) in [5, 5.41) is 3.60. The quantitative estimate of drug-likeness (QED) is 0.297. The highest BCUT2D eigenvalue weighted by molar-refractivity contribution is 7.98. The van der Waals surface area contributed by atoms with Crippen LogP contribution in [0.15, 0.2) is 101 Å². The van der Waals surface area contributed by atoms with E-state index in [-0.39, 0.29) is 5.56 Å². The molecule has 0 radical (unpaired) electrons. The van der Waals surface area contributed by atoms with Gasteiger partial charge in [-0.05, 0) is 72.0 Å². The number of fused-ring (bicyclic) bond motifs is 1. The van der Waals surface area contributed by atoms with E-state index in [0.717, 1.165) is 27.5 Å². The van der Waals surface area contributed by atoms with Gasteiger partial charge in [-0.25, -0.2) is 4.98 Å². The zero-order valence-corrected chi connectivity index (χ0v) is 18.6. The van der Waals surface area contributed by atoms with E-state index in [2.05, 4.69) is 20.3 Å².